The molecule has 0 N–H and O–H groups in total. The van der Waals surface area contributed by atoms with Crippen LogP contribution < -0.4 is 0 Å². The summed E-state index contributed by atoms with van der Waals surface area (Å²) in [6, 6.07) is -0.653. The number of carbonyl (C=O) groups is 2. The van der Waals surface area contributed by atoms with E-state index < -0.39 is 32.0 Å². The van der Waals surface area contributed by atoms with Crippen LogP contribution in [0.2, 0.25) is 18.1 Å². The van der Waals surface area contributed by atoms with Crippen LogP contribution >= 0.6 is 0 Å². The van der Waals surface area contributed by atoms with Gasteiger partial charge in [-0.2, -0.15) is 0 Å². The Morgan fingerprint density at radius 2 is 1.62 bits per heavy atom. The summed E-state index contributed by atoms with van der Waals surface area (Å²) >= 11 is 0. The van der Waals surface area contributed by atoms with Crippen molar-refractivity contribution in [3.8, 4) is 0 Å². The molecule has 1 saturated heterocycles. The second-order valence-corrected chi connectivity index (χ2v) is 13.7. The van der Waals surface area contributed by atoms with Crippen LogP contribution in [0.4, 0.5) is 4.79 Å². The maximum Gasteiger partial charge on any atom is 0.411 e. The molecule has 0 aromatic carbocycles. The van der Waals surface area contributed by atoms with E-state index in [2.05, 4.69) is 33.9 Å². The summed E-state index contributed by atoms with van der Waals surface area (Å²) in [7, 11) is -0.656. The van der Waals surface area contributed by atoms with Gasteiger partial charge in [0.2, 0.25) is 0 Å². The first-order valence-corrected chi connectivity index (χ1v) is 11.3. The second-order valence-electron chi connectivity index (χ2n) is 8.91. The molecule has 24 heavy (non-hydrogen) atoms. The third kappa shape index (κ3) is 5.21. The fraction of sp³-hybridized carbons (Fsp3) is 0.882. The van der Waals surface area contributed by atoms with Gasteiger partial charge in [0, 0.05) is 13.0 Å². The molecule has 140 valence electrons. The van der Waals surface area contributed by atoms with Gasteiger partial charge in [0.15, 0.2) is 8.32 Å². The molecule has 1 heterocycles. The molecule has 1 rings (SSSR count). The molecular weight excluding hydrogens is 326 g/mol. The van der Waals surface area contributed by atoms with Crippen molar-refractivity contribution in [3.63, 3.8) is 0 Å². The van der Waals surface area contributed by atoms with Gasteiger partial charge in [-0.1, -0.05) is 20.8 Å². The first-order valence-electron chi connectivity index (χ1n) is 8.43. The molecule has 0 saturated carbocycles. The molecule has 2 atom stereocenters. The van der Waals surface area contributed by atoms with E-state index in [1.54, 1.807) is 20.8 Å². The zero-order valence-electron chi connectivity index (χ0n) is 16.6. The van der Waals surface area contributed by atoms with Gasteiger partial charge in [-0.3, -0.25) is 4.90 Å². The lowest BCUT2D eigenvalue weighted by atomic mass is 10.2. The number of nitrogens with zero attached hydrogens (tertiary/aromatic N) is 1. The Morgan fingerprint density at radius 3 is 2.04 bits per heavy atom. The zero-order valence-corrected chi connectivity index (χ0v) is 17.6. The lowest BCUT2D eigenvalue weighted by Crippen LogP contribution is -2.45. The molecule has 1 aliphatic heterocycles. The number of carbonyl (C=O) groups excluding carboxylic acids is 2. The van der Waals surface area contributed by atoms with Crippen LogP contribution in [0.15, 0.2) is 0 Å². The van der Waals surface area contributed by atoms with Crippen LogP contribution in [-0.2, 0) is 18.7 Å². The highest BCUT2D eigenvalue weighted by Gasteiger charge is 2.46. The summed E-state index contributed by atoms with van der Waals surface area (Å²) in [5, 5.41) is 0.0626. The third-order valence-electron chi connectivity index (χ3n) is 4.63. The van der Waals surface area contributed by atoms with Crippen molar-refractivity contribution in [2.24, 2.45) is 0 Å². The summed E-state index contributed by atoms with van der Waals surface area (Å²) in [5.41, 5.74) is -0.615. The molecule has 6 nitrogen and oxygen atoms in total. The quantitative estimate of drug-likeness (QED) is 0.569. The second kappa shape index (κ2) is 7.04. The summed E-state index contributed by atoms with van der Waals surface area (Å²) in [5.74, 6) is -0.429. The van der Waals surface area contributed by atoms with Crippen molar-refractivity contribution < 1.29 is 23.5 Å². The van der Waals surface area contributed by atoms with Gasteiger partial charge < -0.3 is 13.9 Å². The van der Waals surface area contributed by atoms with Crippen molar-refractivity contribution in [1.29, 1.82) is 0 Å². The standard InChI is InChI=1S/C17H33NO5Si/c1-16(2,3)22-15(20)18-11-12(10-13(18)14(19)21-7)23-24(8,9)17(4,5)6/h12-13H,10-11H2,1-9H3/t12?,13-/m0/s1. The number of methoxy groups -OCH3 is 1. The highest BCUT2D eigenvalue weighted by atomic mass is 28.4. The van der Waals surface area contributed by atoms with Gasteiger partial charge in [-0.25, -0.2) is 9.59 Å². The van der Waals surface area contributed by atoms with Crippen LogP contribution in [0.5, 0.6) is 0 Å². The van der Waals surface area contributed by atoms with Gasteiger partial charge >= 0.3 is 12.1 Å². The van der Waals surface area contributed by atoms with Crippen LogP contribution in [0, 0.1) is 0 Å². The molecule has 0 bridgehead atoms. The molecule has 1 aliphatic rings. The van der Waals surface area contributed by atoms with E-state index in [1.807, 2.05) is 0 Å². The fourth-order valence-corrected chi connectivity index (χ4v) is 3.72. The SMILES string of the molecule is COC(=O)[C@@H]1CC(O[Si](C)(C)C(C)(C)C)CN1C(=O)OC(C)(C)C. The summed E-state index contributed by atoms with van der Waals surface area (Å²) in [4.78, 5) is 26.0. The van der Waals surface area contributed by atoms with E-state index in [4.69, 9.17) is 13.9 Å². The highest BCUT2D eigenvalue weighted by Crippen LogP contribution is 2.39. The van der Waals surface area contributed by atoms with Gasteiger partial charge in [-0.15, -0.1) is 0 Å². The third-order valence-corrected chi connectivity index (χ3v) is 9.17. The number of hydrogen-bond donors (Lipinski definition) is 0. The van der Waals surface area contributed by atoms with Crippen LogP contribution in [0.25, 0.3) is 0 Å². The van der Waals surface area contributed by atoms with Crippen molar-refractivity contribution in [2.75, 3.05) is 13.7 Å². The summed E-state index contributed by atoms with van der Waals surface area (Å²) in [6.07, 6.45) is -0.236. The number of hydrogen-bond acceptors (Lipinski definition) is 5. The number of amides is 1. The zero-order chi connectivity index (χ0) is 18.9. The van der Waals surface area contributed by atoms with Gasteiger partial charge in [0.1, 0.15) is 11.6 Å². The maximum atomic E-state index is 12.5. The Bertz CT molecular complexity index is 478. The molecular formula is C17H33NO5Si. The van der Waals surface area contributed by atoms with Gasteiger partial charge in [0.05, 0.1) is 13.2 Å². The summed E-state index contributed by atoms with van der Waals surface area (Å²) in [6.45, 7) is 16.6. The normalized spacial score (nSPS) is 22.5. The highest BCUT2D eigenvalue weighted by molar-refractivity contribution is 6.74. The Labute approximate surface area is 147 Å². The molecule has 7 heteroatoms. The molecule has 0 radical (unpaired) electrons. The minimum Gasteiger partial charge on any atom is -0.467 e. The Kier molecular flexibility index (Phi) is 6.14. The predicted octanol–water partition coefficient (Wildman–Crippen LogP) is 3.56. The smallest absolute Gasteiger partial charge is 0.411 e. The number of rotatable bonds is 3. The molecule has 0 aromatic rings. The Hall–Kier alpha value is -1.08. The van der Waals surface area contributed by atoms with Crippen molar-refractivity contribution in [1.82, 2.24) is 4.90 Å². The Morgan fingerprint density at radius 1 is 1.08 bits per heavy atom. The van der Waals surface area contributed by atoms with Crippen molar-refractivity contribution in [3.05, 3.63) is 0 Å². The minimum atomic E-state index is -1.99. The van der Waals surface area contributed by atoms with E-state index in [9.17, 15) is 9.59 Å². The number of esters is 1. The molecule has 1 amide bonds. The van der Waals surface area contributed by atoms with Crippen LogP contribution in [0.1, 0.15) is 48.0 Å². The Balaban J connectivity index is 2.92. The molecule has 0 spiro atoms. The van der Waals surface area contributed by atoms with Crippen molar-refractivity contribution in [2.45, 2.75) is 83.8 Å². The maximum absolute atomic E-state index is 12.5. The minimum absolute atomic E-state index is 0.0626. The largest absolute Gasteiger partial charge is 0.467 e. The van der Waals surface area contributed by atoms with Crippen LogP contribution in [0.3, 0.4) is 0 Å². The predicted molar refractivity (Wildman–Crippen MR) is 95.4 cm³/mol. The fourth-order valence-electron chi connectivity index (χ4n) is 2.36. The average Bonchev–Trinajstić information content (AvgIpc) is 2.77. The number of likely N-dealkylation sites (tertiary alicyclic amines) is 1. The number of ether oxygens (including phenoxy) is 2. The van der Waals surface area contributed by atoms with E-state index in [-0.39, 0.29) is 11.1 Å². The topological polar surface area (TPSA) is 65.1 Å². The van der Waals surface area contributed by atoms with Crippen molar-refractivity contribution >= 4 is 20.4 Å². The lowest BCUT2D eigenvalue weighted by molar-refractivity contribution is -0.145. The lowest BCUT2D eigenvalue weighted by Gasteiger charge is -2.38. The van der Waals surface area contributed by atoms with Gasteiger partial charge in [-0.05, 0) is 38.9 Å². The molecule has 1 fully saturated rings. The van der Waals surface area contributed by atoms with E-state index >= 15 is 0 Å². The van der Waals surface area contributed by atoms with E-state index in [0.29, 0.717) is 13.0 Å². The average molecular weight is 360 g/mol. The van der Waals surface area contributed by atoms with E-state index in [0.717, 1.165) is 0 Å². The molecule has 1 unspecified atom stereocenters. The van der Waals surface area contributed by atoms with Crippen LogP contribution in [-0.4, -0.2) is 56.7 Å². The summed E-state index contributed by atoms with van der Waals surface area (Å²) < 4.78 is 16.7. The van der Waals surface area contributed by atoms with Gasteiger partial charge in [0.25, 0.3) is 0 Å². The molecule has 0 aromatic heterocycles. The monoisotopic (exact) mass is 359 g/mol. The first kappa shape index (κ1) is 21.0. The molecule has 0 aliphatic carbocycles. The first-order chi connectivity index (χ1) is 10.7. The van der Waals surface area contributed by atoms with E-state index in [1.165, 1.54) is 12.0 Å².